The van der Waals surface area contributed by atoms with Gasteiger partial charge in [0.1, 0.15) is 6.61 Å². The molecule has 2 N–H and O–H groups in total. The summed E-state index contributed by atoms with van der Waals surface area (Å²) >= 11 is 0. The number of para-hydroxylation sites is 2. The molecule has 0 aliphatic carbocycles. The van der Waals surface area contributed by atoms with E-state index in [1.165, 1.54) is 0 Å². The zero-order chi connectivity index (χ0) is 14.4. The second kappa shape index (κ2) is 7.12. The van der Waals surface area contributed by atoms with Crippen LogP contribution in [0.2, 0.25) is 0 Å². The second-order valence-electron chi connectivity index (χ2n) is 4.47. The van der Waals surface area contributed by atoms with Crippen molar-refractivity contribution >= 4 is 5.91 Å². The predicted molar refractivity (Wildman–Crippen MR) is 73.9 cm³/mol. The Bertz CT molecular complexity index is 453. The quantitative estimate of drug-likeness (QED) is 0.809. The lowest BCUT2D eigenvalue weighted by Gasteiger charge is -2.30. The smallest absolute Gasteiger partial charge is 0.267 e. The van der Waals surface area contributed by atoms with E-state index in [0.717, 1.165) is 0 Å². The van der Waals surface area contributed by atoms with Crippen LogP contribution in [0, 0.1) is 0 Å². The molecule has 1 amide bonds. The van der Waals surface area contributed by atoms with Gasteiger partial charge in [-0.1, -0.05) is 12.1 Å². The molecule has 0 fully saturated rings. The maximum atomic E-state index is 12.4. The van der Waals surface area contributed by atoms with Gasteiger partial charge >= 0.3 is 0 Å². The molecule has 1 aliphatic rings. The van der Waals surface area contributed by atoms with Gasteiger partial charge in [0.15, 0.2) is 11.5 Å². The van der Waals surface area contributed by atoms with Crippen molar-refractivity contribution in [2.45, 2.75) is 6.10 Å². The summed E-state index contributed by atoms with van der Waals surface area (Å²) in [5.41, 5.74) is 5.54. The molecule has 6 nitrogen and oxygen atoms in total. The van der Waals surface area contributed by atoms with Crippen molar-refractivity contribution in [2.75, 3.05) is 40.0 Å². The van der Waals surface area contributed by atoms with Gasteiger partial charge in [0.05, 0.1) is 6.61 Å². The van der Waals surface area contributed by atoms with Gasteiger partial charge in [0.2, 0.25) is 6.10 Å². The third-order valence-electron chi connectivity index (χ3n) is 3.06. The molecule has 6 heteroatoms. The maximum Gasteiger partial charge on any atom is 0.267 e. The molecule has 1 atom stereocenters. The van der Waals surface area contributed by atoms with Crippen molar-refractivity contribution in [2.24, 2.45) is 5.73 Å². The number of nitrogens with zero attached hydrogens (tertiary/aromatic N) is 1. The molecule has 0 saturated heterocycles. The van der Waals surface area contributed by atoms with E-state index in [1.807, 2.05) is 18.2 Å². The average molecular weight is 280 g/mol. The summed E-state index contributed by atoms with van der Waals surface area (Å²) in [6.07, 6.45) is -0.631. The molecule has 1 aromatic rings. The molecule has 1 heterocycles. The number of carbonyl (C=O) groups is 1. The van der Waals surface area contributed by atoms with Crippen LogP contribution in [-0.4, -0.2) is 56.9 Å². The normalized spacial score (nSPS) is 16.8. The van der Waals surface area contributed by atoms with Crippen molar-refractivity contribution < 1.29 is 19.0 Å². The third-order valence-corrected chi connectivity index (χ3v) is 3.06. The average Bonchev–Trinajstić information content (AvgIpc) is 2.50. The number of amides is 1. The lowest BCUT2D eigenvalue weighted by molar-refractivity contribution is -0.141. The standard InChI is InChI=1S/C14H20N2O4/c1-18-9-8-16(7-6-15)14(17)13-10-19-11-4-2-3-5-12(11)20-13/h2-5,13H,6-10,15H2,1H3. The molecule has 0 bridgehead atoms. The number of nitrogens with two attached hydrogens (primary N) is 1. The first-order valence-corrected chi connectivity index (χ1v) is 6.62. The summed E-state index contributed by atoms with van der Waals surface area (Å²) < 4.78 is 16.3. The van der Waals surface area contributed by atoms with Crippen LogP contribution in [0.5, 0.6) is 11.5 Å². The van der Waals surface area contributed by atoms with Gasteiger partial charge in [0, 0.05) is 26.7 Å². The Morgan fingerprint density at radius 1 is 1.40 bits per heavy atom. The predicted octanol–water partition coefficient (Wildman–Crippen LogP) is 0.260. The number of carbonyl (C=O) groups excluding carboxylic acids is 1. The molecule has 0 saturated carbocycles. The van der Waals surface area contributed by atoms with Gasteiger partial charge in [-0.25, -0.2) is 0 Å². The zero-order valence-electron chi connectivity index (χ0n) is 11.6. The van der Waals surface area contributed by atoms with E-state index in [2.05, 4.69) is 0 Å². The van der Waals surface area contributed by atoms with Gasteiger partial charge in [-0.2, -0.15) is 0 Å². The maximum absolute atomic E-state index is 12.4. The first-order chi connectivity index (χ1) is 9.76. The van der Waals surface area contributed by atoms with Crippen LogP contribution >= 0.6 is 0 Å². The van der Waals surface area contributed by atoms with E-state index < -0.39 is 6.10 Å². The summed E-state index contributed by atoms with van der Waals surface area (Å²) in [7, 11) is 1.60. The van der Waals surface area contributed by atoms with Gasteiger partial charge in [-0.15, -0.1) is 0 Å². The highest BCUT2D eigenvalue weighted by atomic mass is 16.6. The molecule has 20 heavy (non-hydrogen) atoms. The summed E-state index contributed by atoms with van der Waals surface area (Å²) in [6.45, 7) is 2.05. The highest BCUT2D eigenvalue weighted by molar-refractivity contribution is 5.82. The minimum atomic E-state index is -0.631. The van der Waals surface area contributed by atoms with Crippen LogP contribution in [0.15, 0.2) is 24.3 Å². The minimum absolute atomic E-state index is 0.123. The topological polar surface area (TPSA) is 74.0 Å². The summed E-state index contributed by atoms with van der Waals surface area (Å²) in [5.74, 6) is 1.14. The van der Waals surface area contributed by atoms with Gasteiger partial charge < -0.3 is 24.8 Å². The Balaban J connectivity index is 2.01. The number of methoxy groups -OCH3 is 1. The summed E-state index contributed by atoms with van der Waals surface area (Å²) in [6, 6.07) is 7.32. The van der Waals surface area contributed by atoms with Crippen LogP contribution in [0.1, 0.15) is 0 Å². The zero-order valence-corrected chi connectivity index (χ0v) is 11.6. The van der Waals surface area contributed by atoms with E-state index in [9.17, 15) is 4.79 Å². The SMILES string of the molecule is COCCN(CCN)C(=O)C1COc2ccccc2O1. The molecule has 0 radical (unpaired) electrons. The van der Waals surface area contributed by atoms with Gasteiger partial charge in [-0.05, 0) is 12.1 Å². The first-order valence-electron chi connectivity index (χ1n) is 6.62. The Morgan fingerprint density at radius 3 is 2.85 bits per heavy atom. The Kier molecular flexibility index (Phi) is 5.20. The van der Waals surface area contributed by atoms with Gasteiger partial charge in [0.25, 0.3) is 5.91 Å². The van der Waals surface area contributed by atoms with Crippen molar-refractivity contribution in [1.82, 2.24) is 4.90 Å². The second-order valence-corrected chi connectivity index (χ2v) is 4.47. The molecule has 2 rings (SSSR count). The largest absolute Gasteiger partial charge is 0.485 e. The molecule has 1 aromatic carbocycles. The number of hydrogen-bond acceptors (Lipinski definition) is 5. The fourth-order valence-electron chi connectivity index (χ4n) is 2.03. The first kappa shape index (κ1) is 14.6. The monoisotopic (exact) mass is 280 g/mol. The Labute approximate surface area is 118 Å². The molecule has 1 unspecified atom stereocenters. The lowest BCUT2D eigenvalue weighted by atomic mass is 10.2. The van der Waals surface area contributed by atoms with Crippen molar-refractivity contribution in [1.29, 1.82) is 0 Å². The van der Waals surface area contributed by atoms with Crippen LogP contribution in [0.4, 0.5) is 0 Å². The van der Waals surface area contributed by atoms with E-state index in [-0.39, 0.29) is 12.5 Å². The van der Waals surface area contributed by atoms with E-state index in [4.69, 9.17) is 19.9 Å². The van der Waals surface area contributed by atoms with Crippen LogP contribution in [-0.2, 0) is 9.53 Å². The van der Waals surface area contributed by atoms with E-state index >= 15 is 0 Å². The van der Waals surface area contributed by atoms with Crippen molar-refractivity contribution in [3.63, 3.8) is 0 Å². The van der Waals surface area contributed by atoms with E-state index in [1.54, 1.807) is 18.1 Å². The fourth-order valence-corrected chi connectivity index (χ4v) is 2.03. The molecule has 0 aromatic heterocycles. The molecular formula is C14H20N2O4. The van der Waals surface area contributed by atoms with Gasteiger partial charge in [-0.3, -0.25) is 4.79 Å². The van der Waals surface area contributed by atoms with Crippen LogP contribution in [0.25, 0.3) is 0 Å². The molecular weight excluding hydrogens is 260 g/mol. The number of ether oxygens (including phenoxy) is 3. The van der Waals surface area contributed by atoms with Crippen molar-refractivity contribution in [3.8, 4) is 11.5 Å². The Morgan fingerprint density at radius 2 is 2.15 bits per heavy atom. The highest BCUT2D eigenvalue weighted by Crippen LogP contribution is 2.31. The third kappa shape index (κ3) is 3.40. The number of hydrogen-bond donors (Lipinski definition) is 1. The minimum Gasteiger partial charge on any atom is -0.485 e. The summed E-state index contributed by atoms with van der Waals surface area (Å²) in [4.78, 5) is 14.1. The van der Waals surface area contributed by atoms with Crippen molar-refractivity contribution in [3.05, 3.63) is 24.3 Å². The number of rotatable bonds is 6. The molecule has 0 spiro atoms. The fraction of sp³-hybridized carbons (Fsp3) is 0.500. The number of benzene rings is 1. The molecule has 110 valence electrons. The van der Waals surface area contributed by atoms with Crippen LogP contribution < -0.4 is 15.2 Å². The highest BCUT2D eigenvalue weighted by Gasteiger charge is 2.30. The number of fused-ring (bicyclic) bond motifs is 1. The van der Waals surface area contributed by atoms with E-state index in [0.29, 0.717) is 37.7 Å². The van der Waals surface area contributed by atoms with Crippen LogP contribution in [0.3, 0.4) is 0 Å². The lowest BCUT2D eigenvalue weighted by Crippen LogP contribution is -2.48. The summed E-state index contributed by atoms with van der Waals surface area (Å²) in [5, 5.41) is 0. The Hall–Kier alpha value is -1.79. The molecule has 1 aliphatic heterocycles.